The van der Waals surface area contributed by atoms with Crippen molar-refractivity contribution in [3.05, 3.63) is 58.3 Å². The highest BCUT2D eigenvalue weighted by molar-refractivity contribution is 6.36. The minimum Gasteiger partial charge on any atom is -0.366 e. The summed E-state index contributed by atoms with van der Waals surface area (Å²) in [6, 6.07) is 11.3. The van der Waals surface area contributed by atoms with Gasteiger partial charge in [0.1, 0.15) is 5.82 Å². The van der Waals surface area contributed by atoms with E-state index in [1.54, 1.807) is 41.3 Å². The fourth-order valence-electron chi connectivity index (χ4n) is 2.64. The van der Waals surface area contributed by atoms with Crippen LogP contribution in [0.2, 0.25) is 10.0 Å². The number of hydrogen-bond acceptors (Lipinski definition) is 2. The number of halogens is 3. The number of amides is 2. The molecular weight excluding hydrogens is 352 g/mol. The van der Waals surface area contributed by atoms with Crippen molar-refractivity contribution < 1.29 is 9.18 Å². The Hall–Kier alpha value is -1.98. The van der Waals surface area contributed by atoms with Crippen molar-refractivity contribution in [2.24, 2.45) is 0 Å². The summed E-state index contributed by atoms with van der Waals surface area (Å²) in [7, 11) is 0. The van der Waals surface area contributed by atoms with Crippen molar-refractivity contribution in [1.82, 2.24) is 4.90 Å². The van der Waals surface area contributed by atoms with Crippen LogP contribution in [0.5, 0.6) is 0 Å². The number of rotatable bonds is 2. The summed E-state index contributed by atoms with van der Waals surface area (Å²) in [4.78, 5) is 16.0. The first-order valence-electron chi connectivity index (χ1n) is 7.55. The maximum Gasteiger partial charge on any atom is 0.322 e. The van der Waals surface area contributed by atoms with Crippen LogP contribution in [0.4, 0.5) is 20.6 Å². The molecular formula is C17H16Cl2FN3O. The van der Waals surface area contributed by atoms with Gasteiger partial charge in [-0.1, -0.05) is 35.3 Å². The summed E-state index contributed by atoms with van der Waals surface area (Å²) < 4.78 is 13.8. The zero-order chi connectivity index (χ0) is 17.1. The second kappa shape index (κ2) is 7.28. The van der Waals surface area contributed by atoms with Gasteiger partial charge in [0.15, 0.2) is 0 Å². The molecule has 1 N–H and O–H groups in total. The highest BCUT2D eigenvalue weighted by Gasteiger charge is 2.23. The number of para-hydroxylation sites is 1. The molecule has 24 heavy (non-hydrogen) atoms. The number of nitrogens with one attached hydrogen (secondary N) is 1. The lowest BCUT2D eigenvalue weighted by Crippen LogP contribution is -2.50. The lowest BCUT2D eigenvalue weighted by Gasteiger charge is -2.36. The Kier molecular flexibility index (Phi) is 5.11. The van der Waals surface area contributed by atoms with Gasteiger partial charge in [-0.15, -0.1) is 0 Å². The Labute approximate surface area is 149 Å². The van der Waals surface area contributed by atoms with E-state index in [4.69, 9.17) is 23.2 Å². The molecule has 2 amide bonds. The van der Waals surface area contributed by atoms with Gasteiger partial charge in [-0.25, -0.2) is 9.18 Å². The zero-order valence-electron chi connectivity index (χ0n) is 12.8. The third-order valence-corrected chi connectivity index (χ3v) is 4.48. The molecule has 2 aromatic rings. The SMILES string of the molecule is O=C(Nc1ccc(Cl)cc1Cl)N1CCN(c2ccccc2F)CC1. The van der Waals surface area contributed by atoms with Crippen molar-refractivity contribution in [2.45, 2.75) is 0 Å². The predicted octanol–water partition coefficient (Wildman–Crippen LogP) is 4.49. The molecule has 126 valence electrons. The quantitative estimate of drug-likeness (QED) is 0.848. The molecule has 0 aromatic heterocycles. The Morgan fingerprint density at radius 1 is 1.04 bits per heavy atom. The molecule has 0 atom stereocenters. The predicted molar refractivity (Wildman–Crippen MR) is 95.7 cm³/mol. The molecule has 0 bridgehead atoms. The zero-order valence-corrected chi connectivity index (χ0v) is 14.3. The van der Waals surface area contributed by atoms with E-state index in [9.17, 15) is 9.18 Å². The highest BCUT2D eigenvalue weighted by atomic mass is 35.5. The summed E-state index contributed by atoms with van der Waals surface area (Å²) >= 11 is 11.9. The fourth-order valence-corrected chi connectivity index (χ4v) is 3.10. The lowest BCUT2D eigenvalue weighted by atomic mass is 10.2. The van der Waals surface area contributed by atoms with Gasteiger partial charge in [-0.2, -0.15) is 0 Å². The molecule has 2 aromatic carbocycles. The maximum atomic E-state index is 13.8. The van der Waals surface area contributed by atoms with Crippen molar-refractivity contribution >= 4 is 40.6 Å². The molecule has 7 heteroatoms. The van der Waals surface area contributed by atoms with Crippen LogP contribution in [0.25, 0.3) is 0 Å². The van der Waals surface area contributed by atoms with Gasteiger partial charge in [-0.05, 0) is 30.3 Å². The third kappa shape index (κ3) is 3.74. The van der Waals surface area contributed by atoms with E-state index in [2.05, 4.69) is 5.32 Å². The van der Waals surface area contributed by atoms with Crippen LogP contribution >= 0.6 is 23.2 Å². The van der Waals surface area contributed by atoms with Gasteiger partial charge in [0, 0.05) is 31.2 Å². The largest absolute Gasteiger partial charge is 0.366 e. The number of anilines is 2. The first-order valence-corrected chi connectivity index (χ1v) is 8.30. The molecule has 1 aliphatic rings. The molecule has 1 heterocycles. The van der Waals surface area contributed by atoms with E-state index >= 15 is 0 Å². The van der Waals surface area contributed by atoms with Crippen molar-refractivity contribution in [3.8, 4) is 0 Å². The molecule has 0 radical (unpaired) electrons. The number of urea groups is 1. The van der Waals surface area contributed by atoms with E-state index in [0.717, 1.165) is 0 Å². The lowest BCUT2D eigenvalue weighted by molar-refractivity contribution is 0.208. The standard InChI is InChI=1S/C17H16Cl2FN3O/c18-12-5-6-15(13(19)11-12)21-17(24)23-9-7-22(8-10-23)16-4-2-1-3-14(16)20/h1-6,11H,7-10H2,(H,21,24). The van der Waals surface area contributed by atoms with E-state index in [-0.39, 0.29) is 11.8 Å². The second-order valence-corrected chi connectivity index (χ2v) is 6.32. The van der Waals surface area contributed by atoms with Crippen molar-refractivity contribution in [3.63, 3.8) is 0 Å². The summed E-state index contributed by atoms with van der Waals surface area (Å²) in [5, 5.41) is 3.68. The van der Waals surface area contributed by atoms with E-state index in [1.807, 2.05) is 4.90 Å². The smallest absolute Gasteiger partial charge is 0.322 e. The van der Waals surface area contributed by atoms with Crippen molar-refractivity contribution in [1.29, 1.82) is 0 Å². The molecule has 0 unspecified atom stereocenters. The average molecular weight is 368 g/mol. The minimum atomic E-state index is -0.247. The summed E-state index contributed by atoms with van der Waals surface area (Å²) in [5.74, 6) is -0.247. The molecule has 0 aliphatic carbocycles. The monoisotopic (exact) mass is 367 g/mol. The summed E-state index contributed by atoms with van der Waals surface area (Å²) in [6.45, 7) is 2.15. The van der Waals surface area contributed by atoms with Crippen LogP contribution in [0.1, 0.15) is 0 Å². The van der Waals surface area contributed by atoms with E-state index in [1.165, 1.54) is 6.07 Å². The molecule has 3 rings (SSSR count). The molecule has 0 saturated carbocycles. The normalized spacial score (nSPS) is 14.6. The molecule has 1 aliphatic heterocycles. The third-order valence-electron chi connectivity index (χ3n) is 3.93. The number of hydrogen-bond donors (Lipinski definition) is 1. The number of carbonyl (C=O) groups is 1. The molecule has 4 nitrogen and oxygen atoms in total. The summed E-state index contributed by atoms with van der Waals surface area (Å²) in [5.41, 5.74) is 1.08. The number of piperazine rings is 1. The van der Waals surface area contributed by atoms with Gasteiger partial charge in [0.05, 0.1) is 16.4 Å². The van der Waals surface area contributed by atoms with Crippen LogP contribution in [-0.4, -0.2) is 37.1 Å². The van der Waals surface area contributed by atoms with Gasteiger partial charge < -0.3 is 15.1 Å². The van der Waals surface area contributed by atoms with Crippen LogP contribution in [-0.2, 0) is 0 Å². The Morgan fingerprint density at radius 3 is 2.42 bits per heavy atom. The topological polar surface area (TPSA) is 35.6 Å². The maximum absolute atomic E-state index is 13.8. The van der Waals surface area contributed by atoms with Gasteiger partial charge in [0.2, 0.25) is 0 Å². The minimum absolute atomic E-state index is 0.229. The fraction of sp³-hybridized carbons (Fsp3) is 0.235. The number of nitrogens with zero attached hydrogens (tertiary/aromatic N) is 2. The number of carbonyl (C=O) groups excluding carboxylic acids is 1. The van der Waals surface area contributed by atoms with Gasteiger partial charge in [0.25, 0.3) is 0 Å². The highest BCUT2D eigenvalue weighted by Crippen LogP contribution is 2.26. The van der Waals surface area contributed by atoms with Crippen LogP contribution in [0, 0.1) is 5.82 Å². The average Bonchev–Trinajstić information content (AvgIpc) is 2.58. The van der Waals surface area contributed by atoms with Gasteiger partial charge >= 0.3 is 6.03 Å². The first kappa shape index (κ1) is 16.9. The number of benzene rings is 2. The summed E-state index contributed by atoms with van der Waals surface area (Å²) in [6.07, 6.45) is 0. The molecule has 1 saturated heterocycles. The van der Waals surface area contributed by atoms with Crippen LogP contribution in [0.15, 0.2) is 42.5 Å². The second-order valence-electron chi connectivity index (χ2n) is 5.48. The molecule has 1 fully saturated rings. The molecule has 0 spiro atoms. The van der Waals surface area contributed by atoms with Crippen LogP contribution in [0.3, 0.4) is 0 Å². The van der Waals surface area contributed by atoms with Crippen LogP contribution < -0.4 is 10.2 Å². The Balaban J connectivity index is 1.60. The first-order chi connectivity index (χ1) is 11.5. The Morgan fingerprint density at radius 2 is 1.75 bits per heavy atom. The van der Waals surface area contributed by atoms with Gasteiger partial charge in [-0.3, -0.25) is 0 Å². The van der Waals surface area contributed by atoms with E-state index < -0.39 is 0 Å². The van der Waals surface area contributed by atoms with E-state index in [0.29, 0.717) is 47.6 Å². The Bertz CT molecular complexity index is 748. The van der Waals surface area contributed by atoms with Crippen molar-refractivity contribution in [2.75, 3.05) is 36.4 Å².